The van der Waals surface area contributed by atoms with E-state index in [1.807, 2.05) is 6.07 Å². The molecule has 1 N–H and O–H groups in total. The van der Waals surface area contributed by atoms with E-state index in [4.69, 9.17) is 10.00 Å². The maximum absolute atomic E-state index is 11.9. The van der Waals surface area contributed by atoms with Gasteiger partial charge in [0.05, 0.1) is 13.2 Å². The van der Waals surface area contributed by atoms with Crippen molar-refractivity contribution in [3.05, 3.63) is 29.8 Å². The molecule has 1 rings (SSSR count). The van der Waals surface area contributed by atoms with E-state index in [1.54, 1.807) is 45.2 Å². The molecule has 0 saturated carbocycles. The SMILES string of the molecule is COc1ccc(C(=O)CCCC(=O)NC(C)(C)C#N)cc1. The van der Waals surface area contributed by atoms with Crippen LogP contribution in [0.25, 0.3) is 0 Å². The molecule has 0 saturated heterocycles. The summed E-state index contributed by atoms with van der Waals surface area (Å²) in [4.78, 5) is 23.6. The van der Waals surface area contributed by atoms with Gasteiger partial charge in [-0.05, 0) is 44.5 Å². The van der Waals surface area contributed by atoms with Gasteiger partial charge in [-0.3, -0.25) is 9.59 Å². The smallest absolute Gasteiger partial charge is 0.221 e. The molecule has 1 aromatic rings. The number of methoxy groups -OCH3 is 1. The molecular formula is C16H20N2O3. The molecule has 112 valence electrons. The average Bonchev–Trinajstić information content (AvgIpc) is 2.46. The van der Waals surface area contributed by atoms with Crippen molar-refractivity contribution in [2.75, 3.05) is 7.11 Å². The number of nitrogens with one attached hydrogen (secondary N) is 1. The van der Waals surface area contributed by atoms with Gasteiger partial charge in [0, 0.05) is 18.4 Å². The summed E-state index contributed by atoms with van der Waals surface area (Å²) in [6.45, 7) is 3.26. The lowest BCUT2D eigenvalue weighted by molar-refractivity contribution is -0.122. The zero-order chi connectivity index (χ0) is 15.9. The maximum Gasteiger partial charge on any atom is 0.221 e. The number of Topliss-reactive ketones (excluding diaryl/α,β-unsaturated/α-hetero) is 1. The highest BCUT2D eigenvalue weighted by atomic mass is 16.5. The summed E-state index contributed by atoms with van der Waals surface area (Å²) in [6.07, 6.45) is 0.984. The molecular weight excluding hydrogens is 268 g/mol. The molecule has 0 aliphatic rings. The quantitative estimate of drug-likeness (QED) is 0.782. The molecule has 0 atom stereocenters. The van der Waals surface area contributed by atoms with Gasteiger partial charge in [0.2, 0.25) is 5.91 Å². The second-order valence-electron chi connectivity index (χ2n) is 5.29. The highest BCUT2D eigenvalue weighted by molar-refractivity contribution is 5.96. The van der Waals surface area contributed by atoms with Crippen molar-refractivity contribution in [1.29, 1.82) is 5.26 Å². The molecule has 0 spiro atoms. The van der Waals surface area contributed by atoms with Gasteiger partial charge in [0.1, 0.15) is 11.3 Å². The van der Waals surface area contributed by atoms with Crippen LogP contribution in [0.2, 0.25) is 0 Å². The van der Waals surface area contributed by atoms with E-state index < -0.39 is 5.54 Å². The number of nitriles is 1. The van der Waals surface area contributed by atoms with Crippen LogP contribution in [0.15, 0.2) is 24.3 Å². The van der Waals surface area contributed by atoms with Gasteiger partial charge in [-0.2, -0.15) is 5.26 Å². The first kappa shape index (κ1) is 16.7. The van der Waals surface area contributed by atoms with E-state index >= 15 is 0 Å². The first-order valence-electron chi connectivity index (χ1n) is 6.77. The zero-order valence-corrected chi connectivity index (χ0v) is 12.6. The molecule has 0 bridgehead atoms. The zero-order valence-electron chi connectivity index (χ0n) is 12.6. The summed E-state index contributed by atoms with van der Waals surface area (Å²) in [5.74, 6) is 0.471. The van der Waals surface area contributed by atoms with Crippen molar-refractivity contribution in [3.8, 4) is 11.8 Å². The Kier molecular flexibility index (Phi) is 5.92. The van der Waals surface area contributed by atoms with Crippen LogP contribution >= 0.6 is 0 Å². The number of amides is 1. The Balaban J connectivity index is 2.40. The lowest BCUT2D eigenvalue weighted by atomic mass is 10.0. The molecule has 0 aliphatic heterocycles. The van der Waals surface area contributed by atoms with Gasteiger partial charge in [-0.15, -0.1) is 0 Å². The molecule has 21 heavy (non-hydrogen) atoms. The first-order valence-corrected chi connectivity index (χ1v) is 6.77. The van der Waals surface area contributed by atoms with Crippen molar-refractivity contribution >= 4 is 11.7 Å². The number of benzene rings is 1. The van der Waals surface area contributed by atoms with Crippen LogP contribution in [0.4, 0.5) is 0 Å². The fourth-order valence-electron chi connectivity index (χ4n) is 1.77. The van der Waals surface area contributed by atoms with Gasteiger partial charge in [-0.25, -0.2) is 0 Å². The van der Waals surface area contributed by atoms with E-state index in [0.717, 1.165) is 0 Å². The number of carbonyl (C=O) groups is 2. The Hall–Kier alpha value is -2.35. The van der Waals surface area contributed by atoms with E-state index in [-0.39, 0.29) is 18.1 Å². The van der Waals surface area contributed by atoms with Gasteiger partial charge in [0.25, 0.3) is 0 Å². The van der Waals surface area contributed by atoms with Crippen LogP contribution in [-0.2, 0) is 4.79 Å². The fraction of sp³-hybridized carbons (Fsp3) is 0.438. The molecule has 5 heteroatoms. The molecule has 0 fully saturated rings. The molecule has 0 aliphatic carbocycles. The summed E-state index contributed by atoms with van der Waals surface area (Å²) >= 11 is 0. The molecule has 1 aromatic carbocycles. The topological polar surface area (TPSA) is 79.2 Å². The van der Waals surface area contributed by atoms with Crippen molar-refractivity contribution in [2.45, 2.75) is 38.6 Å². The highest BCUT2D eigenvalue weighted by Gasteiger charge is 2.19. The van der Waals surface area contributed by atoms with Gasteiger partial charge in [0.15, 0.2) is 5.78 Å². The highest BCUT2D eigenvalue weighted by Crippen LogP contribution is 2.14. The third kappa shape index (κ3) is 5.65. The Morgan fingerprint density at radius 1 is 1.24 bits per heavy atom. The van der Waals surface area contributed by atoms with Crippen LogP contribution in [0, 0.1) is 11.3 Å². The first-order chi connectivity index (χ1) is 9.88. The molecule has 0 aromatic heterocycles. The third-order valence-electron chi connectivity index (χ3n) is 2.95. The Morgan fingerprint density at radius 3 is 2.38 bits per heavy atom. The summed E-state index contributed by atoms with van der Waals surface area (Å²) in [6, 6.07) is 8.88. The van der Waals surface area contributed by atoms with E-state index in [0.29, 0.717) is 24.2 Å². The van der Waals surface area contributed by atoms with Crippen LogP contribution < -0.4 is 10.1 Å². The lowest BCUT2D eigenvalue weighted by Crippen LogP contribution is -2.41. The molecule has 0 unspecified atom stereocenters. The minimum absolute atomic E-state index is 0.00926. The van der Waals surface area contributed by atoms with Crippen LogP contribution in [-0.4, -0.2) is 24.3 Å². The number of nitrogens with zero attached hydrogens (tertiary/aromatic N) is 1. The summed E-state index contributed by atoms with van der Waals surface area (Å²) in [5, 5.41) is 11.4. The Morgan fingerprint density at radius 2 is 1.86 bits per heavy atom. The van der Waals surface area contributed by atoms with Gasteiger partial charge < -0.3 is 10.1 Å². The number of hydrogen-bond donors (Lipinski definition) is 1. The number of hydrogen-bond acceptors (Lipinski definition) is 4. The Labute approximate surface area is 124 Å². The molecule has 0 radical (unpaired) electrons. The summed E-state index contributed by atoms with van der Waals surface area (Å²) < 4.78 is 5.03. The molecule has 0 heterocycles. The lowest BCUT2D eigenvalue weighted by Gasteiger charge is -2.17. The van der Waals surface area contributed by atoms with Crippen molar-refractivity contribution in [3.63, 3.8) is 0 Å². The van der Waals surface area contributed by atoms with Gasteiger partial charge in [-0.1, -0.05) is 0 Å². The fourth-order valence-corrected chi connectivity index (χ4v) is 1.77. The number of ketones is 1. The number of ether oxygens (including phenoxy) is 1. The minimum Gasteiger partial charge on any atom is -0.497 e. The second-order valence-corrected chi connectivity index (χ2v) is 5.29. The normalized spacial score (nSPS) is 10.6. The largest absolute Gasteiger partial charge is 0.497 e. The number of carbonyl (C=O) groups excluding carboxylic acids is 2. The molecule has 5 nitrogen and oxygen atoms in total. The van der Waals surface area contributed by atoms with Crippen molar-refractivity contribution < 1.29 is 14.3 Å². The minimum atomic E-state index is -0.878. The summed E-state index contributed by atoms with van der Waals surface area (Å²) in [5.41, 5.74) is -0.273. The maximum atomic E-state index is 11.9. The second kappa shape index (κ2) is 7.44. The number of rotatable bonds is 7. The van der Waals surface area contributed by atoms with E-state index in [1.165, 1.54) is 0 Å². The van der Waals surface area contributed by atoms with Crippen molar-refractivity contribution in [1.82, 2.24) is 5.32 Å². The third-order valence-corrected chi connectivity index (χ3v) is 2.95. The Bertz CT molecular complexity index is 542. The standard InChI is InChI=1S/C16H20N2O3/c1-16(2,11-17)18-15(20)6-4-5-14(19)12-7-9-13(21-3)10-8-12/h7-10H,4-6H2,1-3H3,(H,18,20). The van der Waals surface area contributed by atoms with Crippen LogP contribution in [0.5, 0.6) is 5.75 Å². The van der Waals surface area contributed by atoms with Crippen molar-refractivity contribution in [2.24, 2.45) is 0 Å². The predicted octanol–water partition coefficient (Wildman–Crippen LogP) is 2.47. The van der Waals surface area contributed by atoms with Crippen LogP contribution in [0.3, 0.4) is 0 Å². The average molecular weight is 288 g/mol. The van der Waals surface area contributed by atoms with E-state index in [2.05, 4.69) is 5.32 Å². The summed E-state index contributed by atoms with van der Waals surface area (Å²) in [7, 11) is 1.57. The monoisotopic (exact) mass is 288 g/mol. The molecule has 1 amide bonds. The van der Waals surface area contributed by atoms with Crippen LogP contribution in [0.1, 0.15) is 43.5 Å². The van der Waals surface area contributed by atoms with Gasteiger partial charge >= 0.3 is 0 Å². The van der Waals surface area contributed by atoms with E-state index in [9.17, 15) is 9.59 Å². The predicted molar refractivity (Wildman–Crippen MR) is 79.0 cm³/mol.